The van der Waals surface area contributed by atoms with Gasteiger partial charge in [-0.3, -0.25) is 0 Å². The van der Waals surface area contributed by atoms with Gasteiger partial charge in [-0.15, -0.1) is 0 Å². The first-order valence-electron chi connectivity index (χ1n) is 8.16. The number of aliphatic hydroxyl groups excluding tert-OH is 1. The van der Waals surface area contributed by atoms with Gasteiger partial charge in [0.2, 0.25) is 0 Å². The van der Waals surface area contributed by atoms with Crippen molar-refractivity contribution in [2.45, 2.75) is 38.2 Å². The van der Waals surface area contributed by atoms with Crippen molar-refractivity contribution in [1.29, 1.82) is 0 Å². The molecule has 0 bridgehead atoms. The van der Waals surface area contributed by atoms with Crippen LogP contribution >= 0.6 is 0 Å². The second-order valence-corrected chi connectivity index (χ2v) is 6.80. The minimum atomic E-state index is -2.08. The van der Waals surface area contributed by atoms with Crippen LogP contribution in [-0.2, 0) is 11.2 Å². The summed E-state index contributed by atoms with van der Waals surface area (Å²) >= 11 is 0. The maximum Gasteiger partial charge on any atom is 0.158 e. The number of alkyl halides is 2. The summed E-state index contributed by atoms with van der Waals surface area (Å²) in [6.45, 7) is 2.24. The maximum atomic E-state index is 14.2. The lowest BCUT2D eigenvalue weighted by molar-refractivity contribution is -0.314. The topological polar surface area (TPSA) is 60.4 Å². The molecular weight excluding hydrogens is 345 g/mol. The fourth-order valence-corrected chi connectivity index (χ4v) is 2.74. The summed E-state index contributed by atoms with van der Waals surface area (Å²) in [5.74, 6) is -3.33. The molecule has 140 valence electrons. The van der Waals surface area contributed by atoms with Gasteiger partial charge in [0.1, 0.15) is 11.5 Å². The second-order valence-electron chi connectivity index (χ2n) is 6.80. The molecule has 2 aromatic carbocycles. The van der Waals surface area contributed by atoms with Gasteiger partial charge in [0.25, 0.3) is 0 Å². The average molecular weight is 365 g/mol. The molecule has 0 fully saturated rings. The van der Waals surface area contributed by atoms with Crippen LogP contribution in [0.2, 0.25) is 0 Å². The molecule has 26 heavy (non-hydrogen) atoms. The molecule has 0 saturated carbocycles. The number of hydrogen-bond donors (Lipinski definition) is 1. The van der Waals surface area contributed by atoms with Gasteiger partial charge in [-0.25, -0.2) is 13.2 Å². The SMILES string of the molecule is CC(C)(F)C(F)c1cccc(CC(C(=O)[O-])C(O)c2ccc(F)cc2)c1. The molecule has 0 amide bonds. The van der Waals surface area contributed by atoms with E-state index < -0.39 is 35.6 Å². The van der Waals surface area contributed by atoms with Crippen molar-refractivity contribution < 1.29 is 28.2 Å². The molecule has 2 rings (SSSR count). The summed E-state index contributed by atoms with van der Waals surface area (Å²) < 4.78 is 41.0. The normalized spacial score (nSPS) is 15.3. The van der Waals surface area contributed by atoms with Crippen LogP contribution in [-0.4, -0.2) is 16.7 Å². The van der Waals surface area contributed by atoms with Gasteiger partial charge in [0.05, 0.1) is 6.10 Å². The lowest BCUT2D eigenvalue weighted by Gasteiger charge is -2.25. The molecule has 3 unspecified atom stereocenters. The Balaban J connectivity index is 2.25. The highest BCUT2D eigenvalue weighted by Gasteiger charge is 2.31. The molecule has 0 aliphatic carbocycles. The monoisotopic (exact) mass is 365 g/mol. The largest absolute Gasteiger partial charge is 0.550 e. The Labute approximate surface area is 150 Å². The number of carbonyl (C=O) groups excluding carboxylic acids is 1. The number of halogens is 3. The van der Waals surface area contributed by atoms with Crippen molar-refractivity contribution >= 4 is 5.97 Å². The molecule has 0 aliphatic rings. The molecule has 0 heterocycles. The van der Waals surface area contributed by atoms with Crippen LogP contribution in [0.15, 0.2) is 48.5 Å². The predicted molar refractivity (Wildman–Crippen MR) is 89.0 cm³/mol. The van der Waals surface area contributed by atoms with E-state index in [2.05, 4.69) is 0 Å². The van der Waals surface area contributed by atoms with E-state index in [0.29, 0.717) is 5.56 Å². The van der Waals surface area contributed by atoms with Gasteiger partial charge in [0.15, 0.2) is 6.17 Å². The van der Waals surface area contributed by atoms with Crippen LogP contribution in [0.25, 0.3) is 0 Å². The number of carboxylic acid groups (broad SMARTS) is 1. The first kappa shape index (κ1) is 20.0. The smallest absolute Gasteiger partial charge is 0.158 e. The van der Waals surface area contributed by atoms with Gasteiger partial charge < -0.3 is 15.0 Å². The van der Waals surface area contributed by atoms with Gasteiger partial charge in [0, 0.05) is 11.9 Å². The summed E-state index contributed by atoms with van der Waals surface area (Å²) in [4.78, 5) is 11.5. The molecule has 0 saturated heterocycles. The Morgan fingerprint density at radius 1 is 1.15 bits per heavy atom. The highest BCUT2D eigenvalue weighted by molar-refractivity contribution is 5.69. The minimum Gasteiger partial charge on any atom is -0.550 e. The zero-order valence-electron chi connectivity index (χ0n) is 14.5. The molecule has 3 nitrogen and oxygen atoms in total. The van der Waals surface area contributed by atoms with Crippen LogP contribution in [0.4, 0.5) is 13.2 Å². The number of hydrogen-bond acceptors (Lipinski definition) is 3. The molecule has 0 spiro atoms. The number of rotatable bonds is 7. The van der Waals surface area contributed by atoms with Crippen LogP contribution in [0.1, 0.15) is 42.8 Å². The predicted octanol–water partition coefficient (Wildman–Crippen LogP) is 3.23. The number of carboxylic acids is 1. The van der Waals surface area contributed by atoms with Crippen molar-refractivity contribution in [3.05, 3.63) is 71.0 Å². The van der Waals surface area contributed by atoms with E-state index in [1.807, 2.05) is 0 Å². The summed E-state index contributed by atoms with van der Waals surface area (Å²) in [5.41, 5.74) is -1.35. The molecule has 1 N–H and O–H groups in total. The standard InChI is InChI=1S/C20H21F3O3/c1-20(2,23)18(22)14-5-3-4-12(10-14)11-16(19(25)26)17(24)13-6-8-15(21)9-7-13/h3-10,16-18,24H,11H2,1-2H3,(H,25,26)/p-1. The van der Waals surface area contributed by atoms with E-state index in [9.17, 15) is 28.2 Å². The zero-order valence-corrected chi connectivity index (χ0v) is 14.5. The average Bonchev–Trinajstić information content (AvgIpc) is 2.58. The number of carbonyl (C=O) groups is 1. The van der Waals surface area contributed by atoms with Crippen LogP contribution in [0.5, 0.6) is 0 Å². The lowest BCUT2D eigenvalue weighted by atomic mass is 9.88. The first-order valence-corrected chi connectivity index (χ1v) is 8.16. The van der Waals surface area contributed by atoms with Gasteiger partial charge in [-0.2, -0.15) is 0 Å². The van der Waals surface area contributed by atoms with Gasteiger partial charge in [-0.1, -0.05) is 36.4 Å². The molecule has 0 aromatic heterocycles. The first-order chi connectivity index (χ1) is 12.1. The molecule has 0 aliphatic heterocycles. The third kappa shape index (κ3) is 4.85. The molecular formula is C20H20F3O3-. The number of aliphatic carboxylic acids is 1. The lowest BCUT2D eigenvalue weighted by Crippen LogP contribution is -2.36. The van der Waals surface area contributed by atoms with Crippen molar-refractivity contribution in [3.63, 3.8) is 0 Å². The third-order valence-electron chi connectivity index (χ3n) is 4.20. The summed E-state index contributed by atoms with van der Waals surface area (Å²) in [6.07, 6.45) is -3.44. The summed E-state index contributed by atoms with van der Waals surface area (Å²) in [6, 6.07) is 10.7. The number of benzene rings is 2. The fraction of sp³-hybridized carbons (Fsp3) is 0.350. The molecule has 6 heteroatoms. The molecule has 3 atom stereocenters. The molecule has 0 radical (unpaired) electrons. The Morgan fingerprint density at radius 2 is 1.77 bits per heavy atom. The highest BCUT2D eigenvalue weighted by atomic mass is 19.2. The van der Waals surface area contributed by atoms with Gasteiger partial charge in [-0.05, 0) is 49.1 Å². The van der Waals surface area contributed by atoms with E-state index in [0.717, 1.165) is 26.0 Å². The zero-order chi connectivity index (χ0) is 19.5. The van der Waals surface area contributed by atoms with E-state index in [4.69, 9.17) is 0 Å². The quantitative estimate of drug-likeness (QED) is 0.820. The Morgan fingerprint density at radius 3 is 2.31 bits per heavy atom. The van der Waals surface area contributed by atoms with Crippen molar-refractivity contribution in [3.8, 4) is 0 Å². The van der Waals surface area contributed by atoms with Crippen molar-refractivity contribution in [1.82, 2.24) is 0 Å². The van der Waals surface area contributed by atoms with E-state index >= 15 is 0 Å². The maximum absolute atomic E-state index is 14.2. The van der Waals surface area contributed by atoms with E-state index in [-0.39, 0.29) is 17.5 Å². The Hall–Kier alpha value is -2.34. The fourth-order valence-electron chi connectivity index (χ4n) is 2.74. The summed E-state index contributed by atoms with van der Waals surface area (Å²) in [5, 5.41) is 21.8. The highest BCUT2D eigenvalue weighted by Crippen LogP contribution is 2.33. The molecule has 2 aromatic rings. The van der Waals surface area contributed by atoms with Crippen molar-refractivity contribution in [2.24, 2.45) is 5.92 Å². The van der Waals surface area contributed by atoms with Crippen LogP contribution in [0.3, 0.4) is 0 Å². The Bertz CT molecular complexity index is 754. The summed E-state index contributed by atoms with van der Waals surface area (Å²) in [7, 11) is 0. The third-order valence-corrected chi connectivity index (χ3v) is 4.20. The van der Waals surface area contributed by atoms with Crippen molar-refractivity contribution in [2.75, 3.05) is 0 Å². The van der Waals surface area contributed by atoms with Crippen LogP contribution in [0, 0.1) is 11.7 Å². The van der Waals surface area contributed by atoms with E-state index in [1.54, 1.807) is 6.07 Å². The van der Waals surface area contributed by atoms with Gasteiger partial charge >= 0.3 is 0 Å². The number of aliphatic hydroxyl groups is 1. The van der Waals surface area contributed by atoms with E-state index in [1.165, 1.54) is 30.3 Å². The van der Waals surface area contributed by atoms with Crippen LogP contribution < -0.4 is 5.11 Å². The minimum absolute atomic E-state index is 0.0865. The second kappa shape index (κ2) is 7.91. The Kier molecular flexibility index (Phi) is 6.08.